The maximum Gasteiger partial charge on any atom is 0.224 e. The summed E-state index contributed by atoms with van der Waals surface area (Å²) >= 11 is 0. The van der Waals surface area contributed by atoms with Crippen molar-refractivity contribution in [2.24, 2.45) is 10.9 Å². The number of guanidine groups is 1. The predicted molar refractivity (Wildman–Crippen MR) is 106 cm³/mol. The average Bonchev–Trinajstić information content (AvgIpc) is 3.44. The Kier molecular flexibility index (Phi) is 8.41. The molecule has 0 bridgehead atoms. The van der Waals surface area contributed by atoms with Gasteiger partial charge in [0.05, 0.1) is 6.61 Å². The molecular formula is C20H32N4O2. The normalized spacial score (nSPS) is 14.2. The molecule has 144 valence electrons. The Balaban J connectivity index is 1.76. The first-order chi connectivity index (χ1) is 12.6. The molecule has 6 nitrogen and oxygen atoms in total. The van der Waals surface area contributed by atoms with Gasteiger partial charge in [0.1, 0.15) is 0 Å². The summed E-state index contributed by atoms with van der Waals surface area (Å²) < 4.78 is 5.69. The molecule has 0 radical (unpaired) electrons. The summed E-state index contributed by atoms with van der Waals surface area (Å²) in [5, 5.41) is 6.29. The lowest BCUT2D eigenvalue weighted by atomic mass is 10.2. The molecule has 2 rings (SSSR count). The number of nitrogens with zero attached hydrogens (tertiary/aromatic N) is 2. The Hall–Kier alpha value is -2.08. The lowest BCUT2D eigenvalue weighted by Gasteiger charge is -2.22. The SMILES string of the molecule is CCCC(=O)Nc1cccc(CNC(=NC)N(C)CCOCC2CC2)c1. The molecule has 1 aliphatic carbocycles. The van der Waals surface area contributed by atoms with E-state index in [0.717, 1.165) is 42.7 Å². The zero-order valence-corrected chi connectivity index (χ0v) is 16.3. The van der Waals surface area contributed by atoms with Crippen molar-refractivity contribution in [1.82, 2.24) is 10.2 Å². The average molecular weight is 361 g/mol. The number of hydrogen-bond donors (Lipinski definition) is 2. The third kappa shape index (κ3) is 7.44. The predicted octanol–water partition coefficient (Wildman–Crippen LogP) is 2.86. The number of amides is 1. The molecule has 2 N–H and O–H groups in total. The minimum absolute atomic E-state index is 0.0550. The van der Waals surface area contributed by atoms with Crippen LogP contribution in [0.3, 0.4) is 0 Å². The maximum absolute atomic E-state index is 11.7. The van der Waals surface area contributed by atoms with Crippen molar-refractivity contribution in [3.63, 3.8) is 0 Å². The van der Waals surface area contributed by atoms with Gasteiger partial charge in [-0.05, 0) is 42.9 Å². The molecule has 26 heavy (non-hydrogen) atoms. The molecule has 1 amide bonds. The fourth-order valence-electron chi connectivity index (χ4n) is 2.62. The molecule has 1 aromatic rings. The number of rotatable bonds is 10. The second-order valence-corrected chi connectivity index (χ2v) is 6.84. The van der Waals surface area contributed by atoms with Crippen LogP contribution in [0.5, 0.6) is 0 Å². The Morgan fingerprint density at radius 3 is 2.88 bits per heavy atom. The maximum atomic E-state index is 11.7. The van der Waals surface area contributed by atoms with Gasteiger partial charge in [-0.15, -0.1) is 0 Å². The molecule has 0 aromatic heterocycles. The minimum atomic E-state index is 0.0550. The minimum Gasteiger partial charge on any atom is -0.379 e. The first kappa shape index (κ1) is 20.2. The first-order valence-corrected chi connectivity index (χ1v) is 9.50. The molecular weight excluding hydrogens is 328 g/mol. The summed E-state index contributed by atoms with van der Waals surface area (Å²) in [6.07, 6.45) is 4.02. The largest absolute Gasteiger partial charge is 0.379 e. The molecule has 1 fully saturated rings. The van der Waals surface area contributed by atoms with Gasteiger partial charge in [0, 0.05) is 45.9 Å². The van der Waals surface area contributed by atoms with E-state index in [-0.39, 0.29) is 5.91 Å². The lowest BCUT2D eigenvalue weighted by molar-refractivity contribution is -0.116. The van der Waals surface area contributed by atoms with Crippen molar-refractivity contribution in [3.05, 3.63) is 29.8 Å². The Labute approximate surface area is 157 Å². The van der Waals surface area contributed by atoms with Gasteiger partial charge in [-0.1, -0.05) is 19.1 Å². The number of anilines is 1. The lowest BCUT2D eigenvalue weighted by Crippen LogP contribution is -2.40. The van der Waals surface area contributed by atoms with Gasteiger partial charge in [0.25, 0.3) is 0 Å². The van der Waals surface area contributed by atoms with E-state index in [1.54, 1.807) is 7.05 Å². The summed E-state index contributed by atoms with van der Waals surface area (Å²) in [5.74, 6) is 1.68. The van der Waals surface area contributed by atoms with Crippen LogP contribution in [0.25, 0.3) is 0 Å². The van der Waals surface area contributed by atoms with Crippen molar-refractivity contribution >= 4 is 17.6 Å². The number of benzene rings is 1. The van der Waals surface area contributed by atoms with Crippen molar-refractivity contribution in [2.45, 2.75) is 39.2 Å². The van der Waals surface area contributed by atoms with Crippen LogP contribution in [0.4, 0.5) is 5.69 Å². The first-order valence-electron chi connectivity index (χ1n) is 9.50. The van der Waals surface area contributed by atoms with E-state index in [0.29, 0.717) is 19.6 Å². The van der Waals surface area contributed by atoms with Crippen LogP contribution < -0.4 is 10.6 Å². The molecule has 0 heterocycles. The Morgan fingerprint density at radius 2 is 2.19 bits per heavy atom. The summed E-state index contributed by atoms with van der Waals surface area (Å²) in [5.41, 5.74) is 1.93. The van der Waals surface area contributed by atoms with E-state index in [9.17, 15) is 4.79 Å². The summed E-state index contributed by atoms with van der Waals surface area (Å²) in [6.45, 7) is 5.05. The highest BCUT2D eigenvalue weighted by atomic mass is 16.5. The second-order valence-electron chi connectivity index (χ2n) is 6.84. The number of ether oxygens (including phenoxy) is 1. The highest BCUT2D eigenvalue weighted by Gasteiger charge is 2.21. The van der Waals surface area contributed by atoms with Crippen molar-refractivity contribution in [3.8, 4) is 0 Å². The van der Waals surface area contributed by atoms with E-state index >= 15 is 0 Å². The third-order valence-electron chi connectivity index (χ3n) is 4.33. The Morgan fingerprint density at radius 1 is 1.38 bits per heavy atom. The highest BCUT2D eigenvalue weighted by Crippen LogP contribution is 2.28. The van der Waals surface area contributed by atoms with Crippen LogP contribution in [0.15, 0.2) is 29.3 Å². The van der Waals surface area contributed by atoms with Gasteiger partial charge in [-0.25, -0.2) is 0 Å². The van der Waals surface area contributed by atoms with Gasteiger partial charge in [0.2, 0.25) is 5.91 Å². The van der Waals surface area contributed by atoms with Crippen LogP contribution in [-0.4, -0.2) is 50.6 Å². The second kappa shape index (κ2) is 10.8. The zero-order valence-electron chi connectivity index (χ0n) is 16.3. The van der Waals surface area contributed by atoms with E-state index in [2.05, 4.69) is 20.5 Å². The number of hydrogen-bond acceptors (Lipinski definition) is 3. The molecule has 0 spiro atoms. The van der Waals surface area contributed by atoms with Crippen LogP contribution in [0.1, 0.15) is 38.2 Å². The van der Waals surface area contributed by atoms with Crippen LogP contribution in [0.2, 0.25) is 0 Å². The number of carbonyl (C=O) groups excluding carboxylic acids is 1. The number of carbonyl (C=O) groups is 1. The van der Waals surface area contributed by atoms with E-state index in [1.165, 1.54) is 12.8 Å². The molecule has 0 saturated heterocycles. The smallest absolute Gasteiger partial charge is 0.224 e. The number of aliphatic imine (C=N–C) groups is 1. The summed E-state index contributed by atoms with van der Waals surface area (Å²) in [6, 6.07) is 7.90. The highest BCUT2D eigenvalue weighted by molar-refractivity contribution is 5.90. The van der Waals surface area contributed by atoms with Gasteiger partial charge in [-0.2, -0.15) is 0 Å². The fourth-order valence-corrected chi connectivity index (χ4v) is 2.62. The quantitative estimate of drug-likeness (QED) is 0.382. The monoisotopic (exact) mass is 360 g/mol. The molecule has 0 aliphatic heterocycles. The third-order valence-corrected chi connectivity index (χ3v) is 4.33. The molecule has 0 unspecified atom stereocenters. The van der Waals surface area contributed by atoms with Gasteiger partial charge >= 0.3 is 0 Å². The van der Waals surface area contributed by atoms with Crippen LogP contribution in [-0.2, 0) is 16.1 Å². The van der Waals surface area contributed by atoms with E-state index in [1.807, 2.05) is 38.2 Å². The molecule has 6 heteroatoms. The molecule has 1 aliphatic rings. The van der Waals surface area contributed by atoms with Gasteiger partial charge in [0.15, 0.2) is 5.96 Å². The number of nitrogens with one attached hydrogen (secondary N) is 2. The molecule has 0 atom stereocenters. The van der Waals surface area contributed by atoms with Crippen LogP contribution in [0, 0.1) is 5.92 Å². The van der Waals surface area contributed by atoms with Crippen molar-refractivity contribution < 1.29 is 9.53 Å². The summed E-state index contributed by atoms with van der Waals surface area (Å²) in [4.78, 5) is 18.1. The molecule has 1 saturated carbocycles. The Bertz CT molecular complexity index is 599. The van der Waals surface area contributed by atoms with E-state index < -0.39 is 0 Å². The van der Waals surface area contributed by atoms with Crippen molar-refractivity contribution in [1.29, 1.82) is 0 Å². The summed E-state index contributed by atoms with van der Waals surface area (Å²) in [7, 11) is 3.79. The zero-order chi connectivity index (χ0) is 18.8. The van der Waals surface area contributed by atoms with Gasteiger partial charge < -0.3 is 20.3 Å². The fraction of sp³-hybridized carbons (Fsp3) is 0.600. The standard InChI is InChI=1S/C20H32N4O2/c1-4-6-19(25)23-18-8-5-7-17(13-18)14-22-20(21-2)24(3)11-12-26-15-16-9-10-16/h5,7-8,13,16H,4,6,9-12,14-15H2,1-3H3,(H,21,22)(H,23,25). The van der Waals surface area contributed by atoms with Crippen molar-refractivity contribution in [2.75, 3.05) is 39.2 Å². The topological polar surface area (TPSA) is 66.0 Å². The van der Waals surface area contributed by atoms with Gasteiger partial charge in [-0.3, -0.25) is 9.79 Å². The van der Waals surface area contributed by atoms with E-state index in [4.69, 9.17) is 4.74 Å². The van der Waals surface area contributed by atoms with Crippen LogP contribution >= 0.6 is 0 Å². The molecule has 1 aromatic carbocycles. The number of likely N-dealkylation sites (N-methyl/N-ethyl adjacent to an activating group) is 1.